The summed E-state index contributed by atoms with van der Waals surface area (Å²) < 4.78 is 0. The number of carbonyl (C=O) groups excluding carboxylic acids is 1. The largest absolute Gasteiger partial charge is 0.355 e. The van der Waals surface area contributed by atoms with E-state index in [9.17, 15) is 4.79 Å². The summed E-state index contributed by atoms with van der Waals surface area (Å²) in [6, 6.07) is 0. The lowest BCUT2D eigenvalue weighted by molar-refractivity contribution is -0.122. The first-order chi connectivity index (χ1) is 9.61. The molecule has 0 aliphatic carbocycles. The second kappa shape index (κ2) is 10.1. The smallest absolute Gasteiger partial charge is 0.234 e. The highest BCUT2D eigenvalue weighted by atomic mass is 16.2. The van der Waals surface area contributed by atoms with Gasteiger partial charge in [-0.1, -0.05) is 13.8 Å². The average Bonchev–Trinajstić information content (AvgIpc) is 2.61. The van der Waals surface area contributed by atoms with Crippen LogP contribution >= 0.6 is 0 Å². The number of hydrogen-bond acceptors (Lipinski definition) is 4. The molecule has 5 nitrogen and oxygen atoms in total. The highest BCUT2D eigenvalue weighted by molar-refractivity contribution is 5.77. The van der Waals surface area contributed by atoms with Crippen LogP contribution in [-0.2, 0) is 4.79 Å². The van der Waals surface area contributed by atoms with Crippen LogP contribution in [-0.4, -0.2) is 68.1 Å². The van der Waals surface area contributed by atoms with Gasteiger partial charge in [0, 0.05) is 19.6 Å². The number of rotatable bonds is 8. The van der Waals surface area contributed by atoms with Crippen LogP contribution in [0.25, 0.3) is 0 Å². The molecule has 0 spiro atoms. The summed E-state index contributed by atoms with van der Waals surface area (Å²) in [6.45, 7) is 11.7. The van der Waals surface area contributed by atoms with E-state index in [0.717, 1.165) is 65.1 Å². The van der Waals surface area contributed by atoms with E-state index >= 15 is 0 Å². The van der Waals surface area contributed by atoms with E-state index in [-0.39, 0.29) is 5.91 Å². The van der Waals surface area contributed by atoms with Crippen LogP contribution in [0.1, 0.15) is 33.1 Å². The normalized spacial score (nSPS) is 18.2. The van der Waals surface area contributed by atoms with Crippen molar-refractivity contribution in [2.45, 2.75) is 33.1 Å². The van der Waals surface area contributed by atoms with E-state index in [2.05, 4.69) is 29.0 Å². The molecule has 1 saturated heterocycles. The summed E-state index contributed by atoms with van der Waals surface area (Å²) in [6.07, 6.45) is 3.26. The Morgan fingerprint density at radius 3 is 2.60 bits per heavy atom. The molecule has 0 atom stereocenters. The maximum Gasteiger partial charge on any atom is 0.234 e. The minimum Gasteiger partial charge on any atom is -0.355 e. The number of carbonyl (C=O) groups is 1. The maximum atomic E-state index is 11.9. The molecule has 1 aliphatic rings. The number of nitrogens with two attached hydrogens (primary N) is 1. The van der Waals surface area contributed by atoms with E-state index in [1.54, 1.807) is 0 Å². The fraction of sp³-hybridized carbons (Fsp3) is 0.933. The lowest BCUT2D eigenvalue weighted by Crippen LogP contribution is -2.39. The first-order valence-corrected chi connectivity index (χ1v) is 8.03. The van der Waals surface area contributed by atoms with Crippen molar-refractivity contribution in [3.63, 3.8) is 0 Å². The number of hydrogen-bond donors (Lipinski definition) is 2. The third-order valence-electron chi connectivity index (χ3n) is 3.77. The highest BCUT2D eigenvalue weighted by Crippen LogP contribution is 2.03. The molecule has 0 radical (unpaired) electrons. The van der Waals surface area contributed by atoms with Crippen LogP contribution in [0.4, 0.5) is 0 Å². The van der Waals surface area contributed by atoms with Gasteiger partial charge in [-0.15, -0.1) is 0 Å². The molecule has 3 N–H and O–H groups in total. The summed E-state index contributed by atoms with van der Waals surface area (Å²) in [7, 11) is 0. The van der Waals surface area contributed by atoms with Crippen molar-refractivity contribution in [3.8, 4) is 0 Å². The van der Waals surface area contributed by atoms with Crippen LogP contribution in [0.5, 0.6) is 0 Å². The number of nitrogens with zero attached hydrogens (tertiary/aromatic N) is 2. The van der Waals surface area contributed by atoms with Crippen molar-refractivity contribution >= 4 is 5.91 Å². The summed E-state index contributed by atoms with van der Waals surface area (Å²) >= 11 is 0. The van der Waals surface area contributed by atoms with E-state index in [1.165, 1.54) is 0 Å². The zero-order valence-corrected chi connectivity index (χ0v) is 13.2. The topological polar surface area (TPSA) is 61.6 Å². The average molecular weight is 284 g/mol. The van der Waals surface area contributed by atoms with Gasteiger partial charge in [0.1, 0.15) is 0 Å². The molecule has 0 aromatic carbocycles. The molecule has 0 unspecified atom stereocenters. The zero-order valence-electron chi connectivity index (χ0n) is 13.2. The molecule has 1 rings (SSSR count). The first-order valence-electron chi connectivity index (χ1n) is 8.03. The highest BCUT2D eigenvalue weighted by Gasteiger charge is 2.16. The van der Waals surface area contributed by atoms with Gasteiger partial charge in [0.05, 0.1) is 6.54 Å². The fourth-order valence-corrected chi connectivity index (χ4v) is 2.48. The lowest BCUT2D eigenvalue weighted by atomic mass is 10.1. The third-order valence-corrected chi connectivity index (χ3v) is 3.77. The van der Waals surface area contributed by atoms with Crippen molar-refractivity contribution in [3.05, 3.63) is 0 Å². The Bertz CT molecular complexity index is 271. The maximum absolute atomic E-state index is 11.9. The summed E-state index contributed by atoms with van der Waals surface area (Å²) in [5.74, 6) is 0.811. The Hall–Kier alpha value is -0.650. The van der Waals surface area contributed by atoms with Gasteiger partial charge in [0.15, 0.2) is 0 Å². The van der Waals surface area contributed by atoms with Crippen molar-refractivity contribution < 1.29 is 4.79 Å². The number of amides is 1. The predicted molar refractivity (Wildman–Crippen MR) is 83.6 cm³/mol. The van der Waals surface area contributed by atoms with E-state index < -0.39 is 0 Å². The van der Waals surface area contributed by atoms with Gasteiger partial charge in [-0.2, -0.15) is 0 Å². The van der Waals surface area contributed by atoms with Crippen molar-refractivity contribution in [1.29, 1.82) is 0 Å². The molecule has 0 aromatic heterocycles. The third kappa shape index (κ3) is 7.82. The van der Waals surface area contributed by atoms with E-state index in [0.29, 0.717) is 12.5 Å². The van der Waals surface area contributed by atoms with Crippen molar-refractivity contribution in [2.75, 3.05) is 52.4 Å². The summed E-state index contributed by atoms with van der Waals surface area (Å²) in [5.41, 5.74) is 5.56. The second-order valence-corrected chi connectivity index (χ2v) is 6.15. The minimum atomic E-state index is 0.168. The number of nitrogens with one attached hydrogen (secondary N) is 1. The van der Waals surface area contributed by atoms with Gasteiger partial charge in [0.25, 0.3) is 0 Å². The molecule has 5 heteroatoms. The fourth-order valence-electron chi connectivity index (χ4n) is 2.48. The van der Waals surface area contributed by atoms with Gasteiger partial charge < -0.3 is 16.0 Å². The zero-order chi connectivity index (χ0) is 14.8. The molecule has 1 aliphatic heterocycles. The van der Waals surface area contributed by atoms with Crippen molar-refractivity contribution in [2.24, 2.45) is 11.7 Å². The monoisotopic (exact) mass is 284 g/mol. The Kier molecular flexibility index (Phi) is 8.82. The summed E-state index contributed by atoms with van der Waals surface area (Å²) in [5, 5.41) is 3.02. The standard InChI is InChI=1S/C15H32N4O/c1-14(2)5-7-17-15(20)13-19-10-4-9-18(11-12-19)8-3-6-16/h14H,3-13,16H2,1-2H3,(H,17,20). The van der Waals surface area contributed by atoms with Gasteiger partial charge in [0.2, 0.25) is 5.91 Å². The molecular weight excluding hydrogens is 252 g/mol. The molecule has 20 heavy (non-hydrogen) atoms. The van der Waals surface area contributed by atoms with E-state index in [4.69, 9.17) is 5.73 Å². The van der Waals surface area contributed by atoms with Gasteiger partial charge in [-0.3, -0.25) is 9.69 Å². The van der Waals surface area contributed by atoms with Crippen LogP contribution in [0.2, 0.25) is 0 Å². The van der Waals surface area contributed by atoms with Crippen LogP contribution in [0.3, 0.4) is 0 Å². The van der Waals surface area contributed by atoms with Crippen LogP contribution < -0.4 is 11.1 Å². The summed E-state index contributed by atoms with van der Waals surface area (Å²) in [4.78, 5) is 16.6. The Balaban J connectivity index is 2.19. The molecule has 1 heterocycles. The molecule has 1 fully saturated rings. The Labute approximate surface area is 123 Å². The quantitative estimate of drug-likeness (QED) is 0.681. The molecular formula is C15H32N4O. The second-order valence-electron chi connectivity index (χ2n) is 6.15. The molecule has 0 aromatic rings. The van der Waals surface area contributed by atoms with Crippen molar-refractivity contribution in [1.82, 2.24) is 15.1 Å². The Morgan fingerprint density at radius 1 is 1.20 bits per heavy atom. The van der Waals surface area contributed by atoms with Gasteiger partial charge in [-0.05, 0) is 51.4 Å². The van der Waals surface area contributed by atoms with E-state index in [1.807, 2.05) is 0 Å². The predicted octanol–water partition coefficient (Wildman–Crippen LogP) is 0.505. The molecule has 0 bridgehead atoms. The molecule has 0 saturated carbocycles. The first kappa shape index (κ1) is 17.4. The molecule has 118 valence electrons. The molecule has 1 amide bonds. The Morgan fingerprint density at radius 2 is 1.90 bits per heavy atom. The van der Waals surface area contributed by atoms with Gasteiger partial charge >= 0.3 is 0 Å². The van der Waals surface area contributed by atoms with Crippen LogP contribution in [0, 0.1) is 5.92 Å². The lowest BCUT2D eigenvalue weighted by Gasteiger charge is -2.21. The van der Waals surface area contributed by atoms with Crippen LogP contribution in [0.15, 0.2) is 0 Å². The SMILES string of the molecule is CC(C)CCNC(=O)CN1CCCN(CCCN)CC1. The minimum absolute atomic E-state index is 0.168. The van der Waals surface area contributed by atoms with Gasteiger partial charge in [-0.25, -0.2) is 0 Å².